The van der Waals surface area contributed by atoms with E-state index in [1.54, 1.807) is 6.07 Å². The van der Waals surface area contributed by atoms with E-state index in [0.29, 0.717) is 24.4 Å². The van der Waals surface area contributed by atoms with E-state index in [2.05, 4.69) is 10.6 Å². The van der Waals surface area contributed by atoms with Crippen LogP contribution in [0.2, 0.25) is 0 Å². The van der Waals surface area contributed by atoms with Crippen LogP contribution in [0.3, 0.4) is 0 Å². The normalized spacial score (nSPS) is 13.9. The molecule has 0 saturated heterocycles. The lowest BCUT2D eigenvalue weighted by Crippen LogP contribution is -2.34. The first-order chi connectivity index (χ1) is 10.1. The summed E-state index contributed by atoms with van der Waals surface area (Å²) in [5, 5.41) is 6.72. The molecule has 3 rings (SSSR count). The lowest BCUT2D eigenvalue weighted by atomic mass is 10.1. The number of aryl methyl sites for hydroxylation is 1. The summed E-state index contributed by atoms with van der Waals surface area (Å²) in [5.74, 6) is 1.09. The maximum Gasteiger partial charge on any atom is 0.234 e. The van der Waals surface area contributed by atoms with Crippen molar-refractivity contribution in [3.8, 4) is 0 Å². The molecule has 4 nitrogen and oxygen atoms in total. The van der Waals surface area contributed by atoms with Crippen LogP contribution in [0.25, 0.3) is 11.0 Å². The number of carbonyl (C=O) groups is 1. The fraction of sp³-hybridized carbons (Fsp3) is 0.438. The first-order valence-electron chi connectivity index (χ1n) is 7.28. The van der Waals surface area contributed by atoms with Crippen LogP contribution in [0, 0.1) is 18.7 Å². The van der Waals surface area contributed by atoms with Crippen LogP contribution in [-0.2, 0) is 11.3 Å². The Morgan fingerprint density at radius 2 is 2.18 bits per heavy atom. The number of halogens is 2. The molecule has 1 saturated carbocycles. The molecule has 0 radical (unpaired) electrons. The largest absolute Gasteiger partial charge is 0.459 e. The van der Waals surface area contributed by atoms with E-state index in [9.17, 15) is 9.18 Å². The van der Waals surface area contributed by atoms with Gasteiger partial charge in [-0.2, -0.15) is 0 Å². The Balaban J connectivity index is 0.00000176. The summed E-state index contributed by atoms with van der Waals surface area (Å²) in [6, 6.07) is 4.44. The first-order valence-corrected chi connectivity index (χ1v) is 7.28. The Labute approximate surface area is 134 Å². The van der Waals surface area contributed by atoms with Crippen LogP contribution in [0.1, 0.15) is 24.2 Å². The molecular weight excluding hydrogens is 307 g/mol. The van der Waals surface area contributed by atoms with Crippen molar-refractivity contribution in [2.45, 2.75) is 26.3 Å². The predicted octanol–water partition coefficient (Wildman–Crippen LogP) is 2.92. The average Bonchev–Trinajstić information content (AvgIpc) is 3.23. The molecule has 1 amide bonds. The van der Waals surface area contributed by atoms with E-state index in [-0.39, 0.29) is 24.1 Å². The number of nitrogens with one attached hydrogen (secondary N) is 2. The van der Waals surface area contributed by atoms with Gasteiger partial charge in [-0.3, -0.25) is 4.79 Å². The summed E-state index contributed by atoms with van der Waals surface area (Å²) < 4.78 is 18.9. The maximum absolute atomic E-state index is 13.2. The average molecular weight is 327 g/mol. The smallest absolute Gasteiger partial charge is 0.234 e. The second-order valence-corrected chi connectivity index (χ2v) is 5.64. The zero-order valence-electron chi connectivity index (χ0n) is 12.4. The van der Waals surface area contributed by atoms with E-state index in [1.807, 2.05) is 6.92 Å². The fourth-order valence-electron chi connectivity index (χ4n) is 2.37. The zero-order valence-corrected chi connectivity index (χ0v) is 13.3. The molecular formula is C16H20ClFN2O2. The van der Waals surface area contributed by atoms with Gasteiger partial charge in [0.15, 0.2) is 0 Å². The molecule has 6 heteroatoms. The number of furan rings is 1. The number of benzene rings is 1. The maximum atomic E-state index is 13.2. The summed E-state index contributed by atoms with van der Waals surface area (Å²) in [5.41, 5.74) is 1.51. The van der Waals surface area contributed by atoms with Crippen molar-refractivity contribution < 1.29 is 13.6 Å². The van der Waals surface area contributed by atoms with Gasteiger partial charge in [0.25, 0.3) is 0 Å². The summed E-state index contributed by atoms with van der Waals surface area (Å²) in [7, 11) is 0. The highest BCUT2D eigenvalue weighted by Gasteiger charge is 2.20. The molecule has 22 heavy (non-hydrogen) atoms. The van der Waals surface area contributed by atoms with Gasteiger partial charge in [0, 0.05) is 10.9 Å². The highest BCUT2D eigenvalue weighted by Crippen LogP contribution is 2.27. The number of fused-ring (bicyclic) bond motifs is 1. The molecule has 0 bridgehead atoms. The first kappa shape index (κ1) is 16.8. The van der Waals surface area contributed by atoms with Gasteiger partial charge < -0.3 is 15.1 Å². The van der Waals surface area contributed by atoms with E-state index in [0.717, 1.165) is 23.4 Å². The number of carbonyl (C=O) groups excluding carboxylic acids is 1. The van der Waals surface area contributed by atoms with Gasteiger partial charge in [-0.25, -0.2) is 4.39 Å². The zero-order chi connectivity index (χ0) is 14.8. The van der Waals surface area contributed by atoms with Crippen molar-refractivity contribution in [1.82, 2.24) is 10.6 Å². The van der Waals surface area contributed by atoms with Gasteiger partial charge in [0.1, 0.15) is 17.2 Å². The molecule has 120 valence electrons. The molecule has 2 N–H and O–H groups in total. The van der Waals surface area contributed by atoms with Crippen LogP contribution in [0.5, 0.6) is 0 Å². The van der Waals surface area contributed by atoms with Gasteiger partial charge in [-0.05, 0) is 50.4 Å². The Morgan fingerprint density at radius 1 is 1.41 bits per heavy atom. The highest BCUT2D eigenvalue weighted by molar-refractivity contribution is 5.85. The van der Waals surface area contributed by atoms with Crippen molar-refractivity contribution in [2.75, 3.05) is 13.1 Å². The minimum Gasteiger partial charge on any atom is -0.459 e. The standard InChI is InChI=1S/C16H19FN2O2.ClH/c1-10-13-6-12(17)4-5-14(13)21-15(10)8-19-16(20)9-18-7-11-2-3-11;/h4-6,11,18H,2-3,7-9H2,1H3,(H,19,20);1H. The molecule has 0 unspecified atom stereocenters. The van der Waals surface area contributed by atoms with Crippen molar-refractivity contribution >= 4 is 29.3 Å². The molecule has 1 aromatic heterocycles. The fourth-order valence-corrected chi connectivity index (χ4v) is 2.37. The van der Waals surface area contributed by atoms with Crippen molar-refractivity contribution in [3.63, 3.8) is 0 Å². The molecule has 2 aromatic rings. The van der Waals surface area contributed by atoms with Crippen molar-refractivity contribution in [2.24, 2.45) is 5.92 Å². The van der Waals surface area contributed by atoms with Gasteiger partial charge in [-0.15, -0.1) is 12.4 Å². The molecule has 1 fully saturated rings. The quantitative estimate of drug-likeness (QED) is 0.858. The topological polar surface area (TPSA) is 54.3 Å². The molecule has 1 aliphatic rings. The van der Waals surface area contributed by atoms with Crippen LogP contribution in [0.4, 0.5) is 4.39 Å². The minimum absolute atomic E-state index is 0. The summed E-state index contributed by atoms with van der Waals surface area (Å²) in [4.78, 5) is 11.7. The summed E-state index contributed by atoms with van der Waals surface area (Å²) >= 11 is 0. The lowest BCUT2D eigenvalue weighted by molar-refractivity contribution is -0.120. The number of amides is 1. The van der Waals surface area contributed by atoms with Crippen LogP contribution in [0.15, 0.2) is 22.6 Å². The molecule has 1 heterocycles. The van der Waals surface area contributed by atoms with Crippen molar-refractivity contribution in [3.05, 3.63) is 35.3 Å². The Bertz CT molecular complexity index is 667. The number of hydrogen-bond donors (Lipinski definition) is 2. The second-order valence-electron chi connectivity index (χ2n) is 5.64. The predicted molar refractivity (Wildman–Crippen MR) is 85.6 cm³/mol. The molecule has 0 aliphatic heterocycles. The van der Waals surface area contributed by atoms with Crippen LogP contribution in [-0.4, -0.2) is 19.0 Å². The van der Waals surface area contributed by atoms with Gasteiger partial charge in [0.05, 0.1) is 13.1 Å². The van der Waals surface area contributed by atoms with Gasteiger partial charge >= 0.3 is 0 Å². The minimum atomic E-state index is -0.286. The monoisotopic (exact) mass is 326 g/mol. The SMILES string of the molecule is Cc1c(CNC(=O)CNCC2CC2)oc2ccc(F)cc12.Cl. The number of rotatable bonds is 6. The second kappa shape index (κ2) is 7.11. The van der Waals surface area contributed by atoms with Crippen LogP contribution < -0.4 is 10.6 Å². The van der Waals surface area contributed by atoms with Crippen molar-refractivity contribution in [1.29, 1.82) is 0 Å². The van der Waals surface area contributed by atoms with E-state index < -0.39 is 0 Å². The van der Waals surface area contributed by atoms with E-state index in [1.165, 1.54) is 25.0 Å². The third kappa shape index (κ3) is 3.99. The highest BCUT2D eigenvalue weighted by atomic mass is 35.5. The van der Waals surface area contributed by atoms with Gasteiger partial charge in [-0.1, -0.05) is 0 Å². The molecule has 0 atom stereocenters. The lowest BCUT2D eigenvalue weighted by Gasteiger charge is -2.05. The Morgan fingerprint density at radius 3 is 2.91 bits per heavy atom. The Hall–Kier alpha value is -1.59. The third-order valence-corrected chi connectivity index (χ3v) is 3.86. The van der Waals surface area contributed by atoms with Crippen LogP contribution >= 0.6 is 12.4 Å². The third-order valence-electron chi connectivity index (χ3n) is 3.86. The molecule has 1 aromatic carbocycles. The number of hydrogen-bond acceptors (Lipinski definition) is 3. The molecule has 0 spiro atoms. The van der Waals surface area contributed by atoms with E-state index >= 15 is 0 Å². The summed E-state index contributed by atoms with van der Waals surface area (Å²) in [6.07, 6.45) is 2.53. The summed E-state index contributed by atoms with van der Waals surface area (Å²) in [6.45, 7) is 3.44. The molecule has 1 aliphatic carbocycles. The Kier molecular flexibility index (Phi) is 5.42. The van der Waals surface area contributed by atoms with E-state index in [4.69, 9.17) is 4.42 Å². The van der Waals surface area contributed by atoms with Gasteiger partial charge in [0.2, 0.25) is 5.91 Å².